The third-order valence-corrected chi connectivity index (χ3v) is 2.74. The molecular weight excluding hydrogens is 264 g/mol. The molecule has 0 fully saturated rings. The van der Waals surface area contributed by atoms with Crippen molar-refractivity contribution in [2.24, 2.45) is 5.92 Å². The molecule has 0 spiro atoms. The maximum Gasteiger partial charge on any atom is 0.419 e. The van der Waals surface area contributed by atoms with Crippen LogP contribution in [-0.2, 0) is 10.9 Å². The molecule has 1 aromatic rings. The Balaban J connectivity index is 2.93. The number of benzene rings is 1. The van der Waals surface area contributed by atoms with Crippen LogP contribution in [0.3, 0.4) is 0 Å². The lowest BCUT2D eigenvalue weighted by Crippen LogP contribution is -2.20. The molecule has 2 nitrogen and oxygen atoms in total. The van der Waals surface area contributed by atoms with Gasteiger partial charge in [0, 0.05) is 0 Å². The van der Waals surface area contributed by atoms with Gasteiger partial charge in [-0.15, -0.1) is 0 Å². The van der Waals surface area contributed by atoms with Crippen LogP contribution in [0.5, 0.6) is 0 Å². The van der Waals surface area contributed by atoms with Crippen LogP contribution in [0.25, 0.3) is 0 Å². The third kappa shape index (κ3) is 3.94. The number of ether oxygens (including phenoxy) is 1. The summed E-state index contributed by atoms with van der Waals surface area (Å²) in [6, 6.07) is 1.98. The smallest absolute Gasteiger partial charge is 0.419 e. The van der Waals surface area contributed by atoms with E-state index in [2.05, 4.69) is 0 Å². The summed E-state index contributed by atoms with van der Waals surface area (Å²) in [7, 11) is 0. The van der Waals surface area contributed by atoms with Gasteiger partial charge in [0.05, 0.1) is 11.1 Å². The summed E-state index contributed by atoms with van der Waals surface area (Å²) in [5.41, 5.74) is -1.64. The molecule has 0 aromatic heterocycles. The second-order valence-electron chi connectivity index (χ2n) is 4.55. The molecule has 0 bridgehead atoms. The molecular formula is C13H14F4O2. The number of halogens is 4. The molecule has 1 rings (SSSR count). The molecule has 0 heterocycles. The maximum atomic E-state index is 13.3. The van der Waals surface area contributed by atoms with Crippen LogP contribution in [-0.4, -0.2) is 12.1 Å². The van der Waals surface area contributed by atoms with E-state index in [1.54, 1.807) is 6.92 Å². The minimum absolute atomic E-state index is 0.0586. The summed E-state index contributed by atoms with van der Waals surface area (Å²) in [6.07, 6.45) is -5.18. The topological polar surface area (TPSA) is 26.3 Å². The van der Waals surface area contributed by atoms with E-state index in [1.165, 1.54) is 0 Å². The quantitative estimate of drug-likeness (QED) is 0.616. The zero-order chi connectivity index (χ0) is 14.8. The Labute approximate surface area is 108 Å². The number of rotatable bonds is 3. The van der Waals surface area contributed by atoms with Gasteiger partial charge in [0.25, 0.3) is 0 Å². The van der Waals surface area contributed by atoms with Gasteiger partial charge in [-0.2, -0.15) is 13.2 Å². The highest BCUT2D eigenvalue weighted by Crippen LogP contribution is 2.31. The van der Waals surface area contributed by atoms with E-state index < -0.39 is 29.6 Å². The van der Waals surface area contributed by atoms with Crippen LogP contribution in [0.2, 0.25) is 0 Å². The van der Waals surface area contributed by atoms with Crippen LogP contribution < -0.4 is 0 Å². The summed E-state index contributed by atoms with van der Waals surface area (Å²) in [6.45, 7) is 5.31. The average molecular weight is 278 g/mol. The lowest BCUT2D eigenvalue weighted by atomic mass is 10.1. The number of hydrogen-bond acceptors (Lipinski definition) is 2. The third-order valence-electron chi connectivity index (χ3n) is 2.74. The van der Waals surface area contributed by atoms with E-state index in [-0.39, 0.29) is 11.5 Å². The minimum atomic E-state index is -4.78. The fourth-order valence-corrected chi connectivity index (χ4v) is 1.24. The van der Waals surface area contributed by atoms with E-state index in [1.807, 2.05) is 13.8 Å². The Kier molecular flexibility index (Phi) is 4.55. The minimum Gasteiger partial charge on any atom is -0.459 e. The number of hydrogen-bond donors (Lipinski definition) is 0. The Bertz CT molecular complexity index is 466. The summed E-state index contributed by atoms with van der Waals surface area (Å²) in [5.74, 6) is -2.27. The van der Waals surface area contributed by atoms with Gasteiger partial charge in [-0.3, -0.25) is 0 Å². The fraction of sp³-hybridized carbons (Fsp3) is 0.462. The summed E-state index contributed by atoms with van der Waals surface area (Å²) in [5, 5.41) is 0. The average Bonchev–Trinajstić information content (AvgIpc) is 2.26. The Hall–Kier alpha value is -1.59. The van der Waals surface area contributed by atoms with Crippen LogP contribution in [0, 0.1) is 11.7 Å². The first-order valence-corrected chi connectivity index (χ1v) is 5.70. The van der Waals surface area contributed by atoms with Gasteiger partial charge in [-0.05, 0) is 31.0 Å². The molecule has 0 saturated heterocycles. The van der Waals surface area contributed by atoms with Crippen LogP contribution in [0.1, 0.15) is 36.7 Å². The molecule has 0 radical (unpaired) electrons. The normalized spacial score (nSPS) is 13.5. The van der Waals surface area contributed by atoms with Crippen molar-refractivity contribution in [3.8, 4) is 0 Å². The molecule has 106 valence electrons. The van der Waals surface area contributed by atoms with E-state index in [9.17, 15) is 22.4 Å². The van der Waals surface area contributed by atoms with Crippen molar-refractivity contribution >= 4 is 5.97 Å². The van der Waals surface area contributed by atoms with Crippen molar-refractivity contribution in [2.75, 3.05) is 0 Å². The van der Waals surface area contributed by atoms with Crippen molar-refractivity contribution in [1.29, 1.82) is 0 Å². The summed E-state index contributed by atoms with van der Waals surface area (Å²) >= 11 is 0. The molecule has 0 aliphatic rings. The largest absolute Gasteiger partial charge is 0.459 e. The van der Waals surface area contributed by atoms with Crippen LogP contribution in [0.4, 0.5) is 17.6 Å². The van der Waals surface area contributed by atoms with Crippen molar-refractivity contribution < 1.29 is 27.1 Å². The highest BCUT2D eigenvalue weighted by molar-refractivity contribution is 5.89. The first kappa shape index (κ1) is 15.5. The Morgan fingerprint density at radius 2 is 1.79 bits per heavy atom. The zero-order valence-corrected chi connectivity index (χ0v) is 10.7. The first-order chi connectivity index (χ1) is 8.62. The fourth-order valence-electron chi connectivity index (χ4n) is 1.24. The molecule has 0 aliphatic heterocycles. The van der Waals surface area contributed by atoms with Gasteiger partial charge in [-0.1, -0.05) is 13.8 Å². The van der Waals surface area contributed by atoms with Crippen molar-refractivity contribution in [3.05, 3.63) is 35.1 Å². The Morgan fingerprint density at radius 1 is 1.21 bits per heavy atom. The number of esters is 1. The predicted octanol–water partition coefficient (Wildman–Crippen LogP) is 4.05. The first-order valence-electron chi connectivity index (χ1n) is 5.70. The molecule has 0 N–H and O–H groups in total. The molecule has 0 amide bonds. The van der Waals surface area contributed by atoms with E-state index >= 15 is 0 Å². The number of carbonyl (C=O) groups excluding carboxylic acids is 1. The van der Waals surface area contributed by atoms with Gasteiger partial charge in [0.2, 0.25) is 0 Å². The van der Waals surface area contributed by atoms with Crippen LogP contribution >= 0.6 is 0 Å². The molecule has 6 heteroatoms. The second-order valence-corrected chi connectivity index (χ2v) is 4.55. The number of carbonyl (C=O) groups is 1. The van der Waals surface area contributed by atoms with Gasteiger partial charge in [0.15, 0.2) is 0 Å². The van der Waals surface area contributed by atoms with Crippen molar-refractivity contribution in [1.82, 2.24) is 0 Å². The highest BCUT2D eigenvalue weighted by Gasteiger charge is 2.34. The standard InChI is InChI=1S/C13H14F4O2/c1-7(2)8(3)19-12(18)9-4-5-10(11(14)6-9)13(15,16)17/h4-8H,1-3H3. The van der Waals surface area contributed by atoms with E-state index in [0.29, 0.717) is 12.1 Å². The second kappa shape index (κ2) is 5.59. The molecule has 0 saturated carbocycles. The molecule has 0 aliphatic carbocycles. The summed E-state index contributed by atoms with van der Waals surface area (Å²) < 4.78 is 55.3. The summed E-state index contributed by atoms with van der Waals surface area (Å²) in [4.78, 5) is 11.6. The van der Waals surface area contributed by atoms with Gasteiger partial charge in [-0.25, -0.2) is 9.18 Å². The zero-order valence-electron chi connectivity index (χ0n) is 10.7. The van der Waals surface area contributed by atoms with Crippen molar-refractivity contribution in [2.45, 2.75) is 33.1 Å². The maximum absolute atomic E-state index is 13.3. The van der Waals surface area contributed by atoms with Gasteiger partial charge >= 0.3 is 12.1 Å². The highest BCUT2D eigenvalue weighted by atomic mass is 19.4. The molecule has 1 unspecified atom stereocenters. The molecule has 1 atom stereocenters. The molecule has 1 aromatic carbocycles. The lowest BCUT2D eigenvalue weighted by molar-refractivity contribution is -0.140. The Morgan fingerprint density at radius 3 is 2.21 bits per heavy atom. The lowest BCUT2D eigenvalue weighted by Gasteiger charge is -2.17. The molecule has 19 heavy (non-hydrogen) atoms. The predicted molar refractivity (Wildman–Crippen MR) is 61.1 cm³/mol. The van der Waals surface area contributed by atoms with E-state index in [4.69, 9.17) is 4.74 Å². The number of alkyl halides is 3. The van der Waals surface area contributed by atoms with Crippen LogP contribution in [0.15, 0.2) is 18.2 Å². The van der Waals surface area contributed by atoms with Crippen molar-refractivity contribution in [3.63, 3.8) is 0 Å². The van der Waals surface area contributed by atoms with E-state index in [0.717, 1.165) is 6.07 Å². The van der Waals surface area contributed by atoms with Gasteiger partial charge in [0.1, 0.15) is 11.9 Å². The van der Waals surface area contributed by atoms with Gasteiger partial charge < -0.3 is 4.74 Å². The monoisotopic (exact) mass is 278 g/mol. The SMILES string of the molecule is CC(C)C(C)OC(=O)c1ccc(C(F)(F)F)c(F)c1.